The van der Waals surface area contributed by atoms with Gasteiger partial charge in [-0.3, -0.25) is 9.78 Å². The topological polar surface area (TPSA) is 42.0 Å². The molecule has 1 aromatic carbocycles. The summed E-state index contributed by atoms with van der Waals surface area (Å²) in [6.45, 7) is 4.85. The van der Waals surface area contributed by atoms with Crippen molar-refractivity contribution in [2.24, 2.45) is 0 Å². The molecule has 104 valence electrons. The van der Waals surface area contributed by atoms with Gasteiger partial charge in [-0.1, -0.05) is 38.1 Å². The van der Waals surface area contributed by atoms with Gasteiger partial charge in [0.1, 0.15) is 0 Å². The van der Waals surface area contributed by atoms with Crippen LogP contribution in [0.1, 0.15) is 36.2 Å². The largest absolute Gasteiger partial charge is 0.352 e. The molecular weight excluding hydrogens is 248 g/mol. The highest BCUT2D eigenvalue weighted by Crippen LogP contribution is 2.20. The number of carbonyl (C=O) groups is 1. The van der Waals surface area contributed by atoms with Crippen LogP contribution in [0.2, 0.25) is 0 Å². The highest BCUT2D eigenvalue weighted by atomic mass is 16.1. The smallest absolute Gasteiger partial charge is 0.252 e. The maximum atomic E-state index is 11.9. The first kappa shape index (κ1) is 14.3. The van der Waals surface area contributed by atoms with Crippen molar-refractivity contribution in [1.29, 1.82) is 0 Å². The lowest BCUT2D eigenvalue weighted by molar-refractivity contribution is 0.0953. The number of aromatic nitrogens is 1. The molecule has 0 bridgehead atoms. The number of benzene rings is 1. The second kappa shape index (κ2) is 6.85. The van der Waals surface area contributed by atoms with E-state index >= 15 is 0 Å². The summed E-state index contributed by atoms with van der Waals surface area (Å²) in [5, 5.41) is 2.87. The fourth-order valence-corrected chi connectivity index (χ4v) is 2.00. The Morgan fingerprint density at radius 3 is 2.50 bits per heavy atom. The normalized spacial score (nSPS) is 10.3. The number of pyridine rings is 1. The Bertz CT molecular complexity index is 576. The number of hydrogen-bond donors (Lipinski definition) is 1. The third-order valence-corrected chi connectivity index (χ3v) is 3.23. The van der Waals surface area contributed by atoms with Crippen molar-refractivity contribution in [2.45, 2.75) is 26.7 Å². The van der Waals surface area contributed by atoms with Crippen LogP contribution in [0.15, 0.2) is 42.7 Å². The number of hydrogen-bond acceptors (Lipinski definition) is 2. The Labute approximate surface area is 120 Å². The van der Waals surface area contributed by atoms with Crippen LogP contribution in [0.5, 0.6) is 0 Å². The maximum Gasteiger partial charge on any atom is 0.252 e. The lowest BCUT2D eigenvalue weighted by Crippen LogP contribution is -2.24. The molecule has 0 unspecified atom stereocenters. The SMILES string of the molecule is CCCNC(=O)c1cncc(-c2ccc(CC)cc2)c1. The van der Waals surface area contributed by atoms with Gasteiger partial charge in [0.25, 0.3) is 5.91 Å². The van der Waals surface area contributed by atoms with Crippen LogP contribution in [0.4, 0.5) is 0 Å². The average molecular weight is 268 g/mol. The summed E-state index contributed by atoms with van der Waals surface area (Å²) in [4.78, 5) is 16.1. The van der Waals surface area contributed by atoms with Crippen molar-refractivity contribution in [1.82, 2.24) is 10.3 Å². The van der Waals surface area contributed by atoms with Crippen LogP contribution >= 0.6 is 0 Å². The van der Waals surface area contributed by atoms with Crippen LogP contribution in [0, 0.1) is 0 Å². The van der Waals surface area contributed by atoms with E-state index < -0.39 is 0 Å². The van der Waals surface area contributed by atoms with E-state index in [0.717, 1.165) is 24.0 Å². The van der Waals surface area contributed by atoms with Gasteiger partial charge < -0.3 is 5.32 Å². The molecule has 2 rings (SSSR count). The molecule has 0 aliphatic rings. The van der Waals surface area contributed by atoms with E-state index in [1.807, 2.05) is 13.0 Å². The van der Waals surface area contributed by atoms with Crippen LogP contribution in [-0.4, -0.2) is 17.4 Å². The predicted molar refractivity (Wildman–Crippen MR) is 81.7 cm³/mol. The molecule has 0 atom stereocenters. The standard InChI is InChI=1S/C17H20N2O/c1-3-9-19-17(20)16-10-15(11-18-12-16)14-7-5-13(4-2)6-8-14/h5-8,10-12H,3-4,9H2,1-2H3,(H,19,20). The lowest BCUT2D eigenvalue weighted by Gasteiger charge is -2.06. The van der Waals surface area contributed by atoms with E-state index in [9.17, 15) is 4.79 Å². The summed E-state index contributed by atoms with van der Waals surface area (Å²) in [5.41, 5.74) is 3.96. The molecule has 0 saturated heterocycles. The zero-order valence-corrected chi connectivity index (χ0v) is 12.0. The molecule has 0 aliphatic carbocycles. The molecule has 0 radical (unpaired) electrons. The average Bonchev–Trinajstić information content (AvgIpc) is 2.52. The molecule has 20 heavy (non-hydrogen) atoms. The van der Waals surface area contributed by atoms with Crippen molar-refractivity contribution in [3.8, 4) is 11.1 Å². The first-order valence-corrected chi connectivity index (χ1v) is 7.07. The Hall–Kier alpha value is -2.16. The number of amides is 1. The summed E-state index contributed by atoms with van der Waals surface area (Å²) in [6, 6.07) is 10.3. The summed E-state index contributed by atoms with van der Waals surface area (Å²) in [6.07, 6.45) is 5.35. The molecule has 1 heterocycles. The van der Waals surface area contributed by atoms with Gasteiger partial charge in [0.15, 0.2) is 0 Å². The molecule has 1 amide bonds. The van der Waals surface area contributed by atoms with Crippen molar-refractivity contribution >= 4 is 5.91 Å². The zero-order valence-electron chi connectivity index (χ0n) is 12.0. The maximum absolute atomic E-state index is 11.9. The number of nitrogens with zero attached hydrogens (tertiary/aromatic N) is 1. The summed E-state index contributed by atoms with van der Waals surface area (Å²) in [7, 11) is 0. The van der Waals surface area contributed by atoms with Crippen molar-refractivity contribution in [2.75, 3.05) is 6.54 Å². The van der Waals surface area contributed by atoms with Gasteiger partial charge in [-0.15, -0.1) is 0 Å². The van der Waals surface area contributed by atoms with Crippen LogP contribution in [-0.2, 0) is 6.42 Å². The van der Waals surface area contributed by atoms with E-state index in [2.05, 4.69) is 41.5 Å². The van der Waals surface area contributed by atoms with E-state index in [-0.39, 0.29) is 5.91 Å². The van der Waals surface area contributed by atoms with E-state index in [1.54, 1.807) is 12.4 Å². The third kappa shape index (κ3) is 3.44. The Kier molecular flexibility index (Phi) is 4.88. The molecule has 0 fully saturated rings. The minimum atomic E-state index is -0.0635. The predicted octanol–water partition coefficient (Wildman–Crippen LogP) is 3.45. The Morgan fingerprint density at radius 1 is 1.10 bits per heavy atom. The highest BCUT2D eigenvalue weighted by Gasteiger charge is 2.07. The number of carbonyl (C=O) groups excluding carboxylic acids is 1. The Balaban J connectivity index is 2.22. The van der Waals surface area contributed by atoms with Gasteiger partial charge >= 0.3 is 0 Å². The van der Waals surface area contributed by atoms with Crippen molar-refractivity contribution in [3.63, 3.8) is 0 Å². The van der Waals surface area contributed by atoms with Crippen molar-refractivity contribution < 1.29 is 4.79 Å². The van der Waals surface area contributed by atoms with Gasteiger partial charge in [0.05, 0.1) is 5.56 Å². The molecule has 1 aromatic heterocycles. The van der Waals surface area contributed by atoms with E-state index in [0.29, 0.717) is 12.1 Å². The molecule has 3 nitrogen and oxygen atoms in total. The number of rotatable bonds is 5. The molecular formula is C17H20N2O. The molecule has 1 N–H and O–H groups in total. The summed E-state index contributed by atoms with van der Waals surface area (Å²) >= 11 is 0. The van der Waals surface area contributed by atoms with Gasteiger partial charge in [0.2, 0.25) is 0 Å². The van der Waals surface area contributed by atoms with E-state index in [4.69, 9.17) is 0 Å². The highest BCUT2D eigenvalue weighted by molar-refractivity contribution is 5.95. The monoisotopic (exact) mass is 268 g/mol. The molecule has 2 aromatic rings. The molecule has 0 saturated carbocycles. The first-order chi connectivity index (χ1) is 9.74. The Morgan fingerprint density at radius 2 is 1.85 bits per heavy atom. The van der Waals surface area contributed by atoms with Crippen LogP contribution in [0.3, 0.4) is 0 Å². The number of nitrogens with one attached hydrogen (secondary N) is 1. The van der Waals surface area contributed by atoms with Crippen LogP contribution in [0.25, 0.3) is 11.1 Å². The van der Waals surface area contributed by atoms with Gasteiger partial charge in [0, 0.05) is 24.5 Å². The lowest BCUT2D eigenvalue weighted by atomic mass is 10.0. The van der Waals surface area contributed by atoms with E-state index in [1.165, 1.54) is 5.56 Å². The fraction of sp³-hybridized carbons (Fsp3) is 0.294. The minimum absolute atomic E-state index is 0.0635. The summed E-state index contributed by atoms with van der Waals surface area (Å²) in [5.74, 6) is -0.0635. The van der Waals surface area contributed by atoms with Crippen molar-refractivity contribution in [3.05, 3.63) is 53.9 Å². The van der Waals surface area contributed by atoms with Crippen LogP contribution < -0.4 is 5.32 Å². The summed E-state index contributed by atoms with van der Waals surface area (Å²) < 4.78 is 0. The second-order valence-electron chi connectivity index (χ2n) is 4.77. The molecule has 0 spiro atoms. The van der Waals surface area contributed by atoms with Gasteiger partial charge in [-0.25, -0.2) is 0 Å². The number of aryl methyl sites for hydroxylation is 1. The molecule has 3 heteroatoms. The van der Waals surface area contributed by atoms with Gasteiger partial charge in [-0.05, 0) is 30.0 Å². The fourth-order valence-electron chi connectivity index (χ4n) is 2.00. The zero-order chi connectivity index (χ0) is 14.4. The minimum Gasteiger partial charge on any atom is -0.352 e. The van der Waals surface area contributed by atoms with Gasteiger partial charge in [-0.2, -0.15) is 0 Å². The third-order valence-electron chi connectivity index (χ3n) is 3.23. The quantitative estimate of drug-likeness (QED) is 0.902. The second-order valence-corrected chi connectivity index (χ2v) is 4.77. The molecule has 0 aliphatic heterocycles. The first-order valence-electron chi connectivity index (χ1n) is 7.07.